The summed E-state index contributed by atoms with van der Waals surface area (Å²) >= 11 is 0. The van der Waals surface area contributed by atoms with Crippen molar-refractivity contribution in [2.75, 3.05) is 13.1 Å². The van der Waals surface area contributed by atoms with E-state index in [4.69, 9.17) is 4.74 Å². The van der Waals surface area contributed by atoms with Crippen molar-refractivity contribution in [2.45, 2.75) is 65.8 Å². The Morgan fingerprint density at radius 1 is 1.29 bits per heavy atom. The summed E-state index contributed by atoms with van der Waals surface area (Å²) in [6.07, 6.45) is 2.28. The molecule has 0 bridgehead atoms. The van der Waals surface area contributed by atoms with Crippen LogP contribution in [-0.2, 0) is 16.6 Å². The SMILES string of the molecule is Cc1nn(C)cc1C(C)NC(=O)C(C(C)C)N1CC(C)OC(C)C1. The molecule has 1 N–H and O–H groups in total. The van der Waals surface area contributed by atoms with Crippen LogP contribution in [0.4, 0.5) is 0 Å². The van der Waals surface area contributed by atoms with Crippen molar-refractivity contribution in [3.8, 4) is 0 Å². The van der Waals surface area contributed by atoms with Crippen molar-refractivity contribution in [3.05, 3.63) is 17.5 Å². The van der Waals surface area contributed by atoms with Gasteiger partial charge in [-0.2, -0.15) is 5.10 Å². The van der Waals surface area contributed by atoms with Crippen LogP contribution in [0.25, 0.3) is 0 Å². The van der Waals surface area contributed by atoms with Gasteiger partial charge in [0, 0.05) is 31.9 Å². The van der Waals surface area contributed by atoms with Crippen LogP contribution < -0.4 is 5.32 Å². The molecule has 2 rings (SSSR count). The average molecular weight is 336 g/mol. The predicted octanol–water partition coefficient (Wildman–Crippen LogP) is 2.04. The summed E-state index contributed by atoms with van der Waals surface area (Å²) < 4.78 is 7.60. The van der Waals surface area contributed by atoms with Crippen molar-refractivity contribution in [1.82, 2.24) is 20.0 Å². The Morgan fingerprint density at radius 3 is 2.33 bits per heavy atom. The van der Waals surface area contributed by atoms with Gasteiger partial charge in [0.15, 0.2) is 0 Å². The average Bonchev–Trinajstić information content (AvgIpc) is 2.76. The molecule has 1 aliphatic rings. The van der Waals surface area contributed by atoms with Gasteiger partial charge in [-0.05, 0) is 33.6 Å². The lowest BCUT2D eigenvalue weighted by molar-refractivity contribution is -0.136. The number of carbonyl (C=O) groups is 1. The molecule has 0 aromatic carbocycles. The van der Waals surface area contributed by atoms with Gasteiger partial charge in [-0.15, -0.1) is 0 Å². The number of nitrogens with one attached hydrogen (secondary N) is 1. The summed E-state index contributed by atoms with van der Waals surface area (Å²) in [7, 11) is 1.90. The molecule has 0 spiro atoms. The molecule has 6 nitrogen and oxygen atoms in total. The lowest BCUT2D eigenvalue weighted by Gasteiger charge is -2.41. The highest BCUT2D eigenvalue weighted by molar-refractivity contribution is 5.82. The standard InChI is InChI=1S/C18H32N4O2/c1-11(2)17(22-8-12(3)24-13(4)9-22)18(23)19-14(5)16-10-21(7)20-15(16)6/h10-14,17H,8-9H2,1-7H3,(H,19,23). The number of nitrogens with zero attached hydrogens (tertiary/aromatic N) is 3. The van der Waals surface area contributed by atoms with Gasteiger partial charge in [0.1, 0.15) is 0 Å². The zero-order valence-corrected chi connectivity index (χ0v) is 16.0. The van der Waals surface area contributed by atoms with E-state index in [2.05, 4.69) is 43.0 Å². The van der Waals surface area contributed by atoms with Crippen LogP contribution in [0, 0.1) is 12.8 Å². The fourth-order valence-corrected chi connectivity index (χ4v) is 3.75. The third-order valence-electron chi connectivity index (χ3n) is 4.62. The normalized spacial score (nSPS) is 24.8. The molecule has 24 heavy (non-hydrogen) atoms. The smallest absolute Gasteiger partial charge is 0.238 e. The number of ether oxygens (including phenoxy) is 1. The first-order valence-corrected chi connectivity index (χ1v) is 8.89. The van der Waals surface area contributed by atoms with Gasteiger partial charge in [-0.1, -0.05) is 13.8 Å². The molecule has 0 saturated carbocycles. The summed E-state index contributed by atoms with van der Waals surface area (Å²) in [4.78, 5) is 15.2. The highest BCUT2D eigenvalue weighted by Crippen LogP contribution is 2.21. The Bertz CT molecular complexity index is 559. The number of carbonyl (C=O) groups excluding carboxylic acids is 1. The van der Waals surface area contributed by atoms with E-state index in [1.807, 2.05) is 27.1 Å². The number of hydrogen-bond acceptors (Lipinski definition) is 4. The Hall–Kier alpha value is -1.40. The van der Waals surface area contributed by atoms with Crippen molar-refractivity contribution in [1.29, 1.82) is 0 Å². The summed E-state index contributed by atoms with van der Waals surface area (Å²) in [6.45, 7) is 13.9. The van der Waals surface area contributed by atoms with Crippen molar-refractivity contribution in [2.24, 2.45) is 13.0 Å². The molecule has 2 heterocycles. The molecule has 1 fully saturated rings. The van der Waals surface area contributed by atoms with Crippen LogP contribution in [-0.4, -0.2) is 51.9 Å². The highest BCUT2D eigenvalue weighted by atomic mass is 16.5. The number of aryl methyl sites for hydroxylation is 2. The summed E-state index contributed by atoms with van der Waals surface area (Å²) in [5.74, 6) is 0.326. The fourth-order valence-electron chi connectivity index (χ4n) is 3.75. The zero-order valence-electron chi connectivity index (χ0n) is 16.0. The van der Waals surface area contributed by atoms with Gasteiger partial charge in [-0.3, -0.25) is 14.4 Å². The Labute approximate surface area is 145 Å². The molecule has 1 aliphatic heterocycles. The third-order valence-corrected chi connectivity index (χ3v) is 4.62. The number of hydrogen-bond donors (Lipinski definition) is 1. The quantitative estimate of drug-likeness (QED) is 0.894. The van der Waals surface area contributed by atoms with E-state index < -0.39 is 0 Å². The maximum Gasteiger partial charge on any atom is 0.238 e. The Morgan fingerprint density at radius 2 is 1.88 bits per heavy atom. The molecule has 1 aromatic heterocycles. The van der Waals surface area contributed by atoms with Crippen molar-refractivity contribution >= 4 is 5.91 Å². The van der Waals surface area contributed by atoms with E-state index in [0.717, 1.165) is 24.3 Å². The van der Waals surface area contributed by atoms with Gasteiger partial charge in [0.05, 0.1) is 30.0 Å². The van der Waals surface area contributed by atoms with Crippen molar-refractivity contribution in [3.63, 3.8) is 0 Å². The van der Waals surface area contributed by atoms with E-state index in [9.17, 15) is 4.79 Å². The first-order chi connectivity index (χ1) is 11.2. The molecule has 4 atom stereocenters. The molecule has 1 amide bonds. The first-order valence-electron chi connectivity index (χ1n) is 8.89. The van der Waals surface area contributed by atoms with Crippen LogP contribution in [0.3, 0.4) is 0 Å². The number of amides is 1. The summed E-state index contributed by atoms with van der Waals surface area (Å²) in [5, 5.41) is 7.55. The van der Waals surface area contributed by atoms with Gasteiger partial charge < -0.3 is 10.1 Å². The molecular formula is C18H32N4O2. The second-order valence-electron chi connectivity index (χ2n) is 7.47. The second kappa shape index (κ2) is 7.66. The maximum absolute atomic E-state index is 13.0. The maximum atomic E-state index is 13.0. The van der Waals surface area contributed by atoms with Crippen LogP contribution in [0.2, 0.25) is 0 Å². The van der Waals surface area contributed by atoms with Crippen LogP contribution in [0.1, 0.15) is 51.9 Å². The van der Waals surface area contributed by atoms with Crippen LogP contribution in [0.15, 0.2) is 6.20 Å². The largest absolute Gasteiger partial charge is 0.373 e. The first kappa shape index (κ1) is 18.9. The van der Waals surface area contributed by atoms with Gasteiger partial charge in [0.25, 0.3) is 0 Å². The predicted molar refractivity (Wildman–Crippen MR) is 94.7 cm³/mol. The third kappa shape index (κ3) is 4.36. The minimum atomic E-state index is -0.141. The summed E-state index contributed by atoms with van der Waals surface area (Å²) in [5.41, 5.74) is 2.03. The number of rotatable bonds is 5. The number of aromatic nitrogens is 2. The van der Waals surface area contributed by atoms with Gasteiger partial charge >= 0.3 is 0 Å². The topological polar surface area (TPSA) is 59.4 Å². The highest BCUT2D eigenvalue weighted by Gasteiger charge is 2.34. The van der Waals surface area contributed by atoms with E-state index >= 15 is 0 Å². The van der Waals surface area contributed by atoms with Crippen LogP contribution in [0.5, 0.6) is 0 Å². The summed E-state index contributed by atoms with van der Waals surface area (Å²) in [6, 6.07) is -0.193. The van der Waals surface area contributed by atoms with E-state index in [1.165, 1.54) is 0 Å². The molecule has 0 radical (unpaired) electrons. The monoisotopic (exact) mass is 336 g/mol. The molecule has 1 aromatic rings. The molecular weight excluding hydrogens is 304 g/mol. The van der Waals surface area contributed by atoms with Crippen molar-refractivity contribution < 1.29 is 9.53 Å². The minimum Gasteiger partial charge on any atom is -0.373 e. The lowest BCUT2D eigenvalue weighted by Crippen LogP contribution is -2.57. The molecule has 0 aliphatic carbocycles. The van der Waals surface area contributed by atoms with E-state index in [-0.39, 0.29) is 36.1 Å². The molecule has 6 heteroatoms. The Kier molecular flexibility index (Phi) is 6.04. The Balaban J connectivity index is 2.10. The van der Waals surface area contributed by atoms with Gasteiger partial charge in [0.2, 0.25) is 5.91 Å². The minimum absolute atomic E-state index is 0.0525. The van der Waals surface area contributed by atoms with Gasteiger partial charge in [-0.25, -0.2) is 0 Å². The lowest BCUT2D eigenvalue weighted by atomic mass is 9.98. The second-order valence-corrected chi connectivity index (χ2v) is 7.47. The molecule has 1 saturated heterocycles. The van der Waals surface area contributed by atoms with E-state index in [1.54, 1.807) is 4.68 Å². The fraction of sp³-hybridized carbons (Fsp3) is 0.778. The van der Waals surface area contributed by atoms with Crippen LogP contribution >= 0.6 is 0 Å². The molecule has 136 valence electrons. The zero-order chi connectivity index (χ0) is 18.0. The molecule has 4 unspecified atom stereocenters. The number of morpholine rings is 1. The van der Waals surface area contributed by atoms with E-state index in [0.29, 0.717) is 0 Å².